The molecule has 0 atom stereocenters. The molecule has 2 aromatic carbocycles. The van der Waals surface area contributed by atoms with Gasteiger partial charge in [0.1, 0.15) is 11.5 Å². The highest BCUT2D eigenvalue weighted by atomic mass is 35.5. The summed E-state index contributed by atoms with van der Waals surface area (Å²) in [5, 5.41) is 0.705. The summed E-state index contributed by atoms with van der Waals surface area (Å²) >= 11 is 6.11. The number of halogens is 2. The summed E-state index contributed by atoms with van der Waals surface area (Å²) in [5.41, 5.74) is 7.02. The zero-order chi connectivity index (χ0) is 21.5. The highest BCUT2D eigenvalue weighted by Gasteiger charge is 2.29. The van der Waals surface area contributed by atoms with Gasteiger partial charge in [-0.3, -0.25) is 9.20 Å². The molecule has 1 aliphatic heterocycles. The van der Waals surface area contributed by atoms with Crippen molar-refractivity contribution in [3.8, 4) is 22.4 Å². The number of rotatable bonds is 5. The van der Waals surface area contributed by atoms with Gasteiger partial charge in [-0.15, -0.1) is 0 Å². The minimum absolute atomic E-state index is 0.128. The highest BCUT2D eigenvalue weighted by molar-refractivity contribution is 6.30. The van der Waals surface area contributed by atoms with E-state index in [0.717, 1.165) is 60.3 Å². The van der Waals surface area contributed by atoms with E-state index in [1.807, 2.05) is 31.2 Å². The van der Waals surface area contributed by atoms with Crippen LogP contribution in [-0.4, -0.2) is 14.8 Å². The second-order valence-electron chi connectivity index (χ2n) is 8.21. The molecule has 5 rings (SSSR count). The molecule has 2 aromatic heterocycles. The topological polar surface area (TPSA) is 26.4 Å². The Balaban J connectivity index is 1.83. The van der Waals surface area contributed by atoms with Gasteiger partial charge in [0, 0.05) is 35.3 Å². The van der Waals surface area contributed by atoms with Gasteiger partial charge in [-0.1, -0.05) is 42.8 Å². The van der Waals surface area contributed by atoms with Crippen molar-refractivity contribution in [2.75, 3.05) is 0 Å². The maximum atomic E-state index is 13.6. The zero-order valence-electron chi connectivity index (χ0n) is 17.5. The number of imidazole rings is 1. The van der Waals surface area contributed by atoms with Crippen LogP contribution in [-0.2, 0) is 13.0 Å². The standard InChI is InChI=1S/C26H24ClFN2O/c1-2-5-23(31)25-24(18-9-13-20(28)14-10-18)21-6-3-4-15-29-22(16-30(25)26(21)29)17-7-11-19(27)12-8-17/h7-14,16H,2-6,15H2,1H3. The van der Waals surface area contributed by atoms with Gasteiger partial charge in [-0.25, -0.2) is 4.39 Å². The largest absolute Gasteiger partial charge is 0.325 e. The number of ketones is 1. The molecule has 0 spiro atoms. The van der Waals surface area contributed by atoms with E-state index in [0.29, 0.717) is 17.1 Å². The van der Waals surface area contributed by atoms with Crippen LogP contribution in [0.2, 0.25) is 5.02 Å². The van der Waals surface area contributed by atoms with Crippen LogP contribution in [0.1, 0.15) is 48.7 Å². The van der Waals surface area contributed by atoms with Crippen LogP contribution >= 0.6 is 11.6 Å². The minimum atomic E-state index is -0.269. The number of aryl methyl sites for hydroxylation is 2. The highest BCUT2D eigenvalue weighted by Crippen LogP contribution is 2.40. The summed E-state index contributed by atoms with van der Waals surface area (Å²) in [5.74, 6) is -0.141. The molecule has 0 aliphatic carbocycles. The Bertz CT molecular complexity index is 1270. The van der Waals surface area contributed by atoms with Crippen LogP contribution in [0.3, 0.4) is 0 Å². The quantitative estimate of drug-likeness (QED) is 0.305. The summed E-state index contributed by atoms with van der Waals surface area (Å²) in [6.07, 6.45) is 6.39. The third-order valence-electron chi connectivity index (χ3n) is 6.15. The first-order valence-corrected chi connectivity index (χ1v) is 11.3. The maximum absolute atomic E-state index is 13.6. The summed E-state index contributed by atoms with van der Waals surface area (Å²) < 4.78 is 18.1. The molecule has 0 saturated carbocycles. The Hall–Kier alpha value is -2.85. The first-order chi connectivity index (χ1) is 15.1. The molecule has 4 aromatic rings. The fourth-order valence-electron chi connectivity index (χ4n) is 4.78. The third kappa shape index (κ3) is 3.39. The first-order valence-electron chi connectivity index (χ1n) is 10.9. The van der Waals surface area contributed by atoms with Gasteiger partial charge in [-0.05, 0) is 61.1 Å². The van der Waals surface area contributed by atoms with Crippen LogP contribution in [0.15, 0.2) is 54.7 Å². The van der Waals surface area contributed by atoms with E-state index in [2.05, 4.69) is 15.2 Å². The molecular formula is C26H24ClFN2O. The molecule has 0 amide bonds. The Morgan fingerprint density at radius 2 is 1.74 bits per heavy atom. The molecule has 0 saturated heterocycles. The number of benzene rings is 2. The normalized spacial score (nSPS) is 13.5. The average Bonchev–Trinajstić information content (AvgIpc) is 3.18. The van der Waals surface area contributed by atoms with Crippen molar-refractivity contribution in [2.24, 2.45) is 0 Å². The Morgan fingerprint density at radius 3 is 2.45 bits per heavy atom. The molecule has 158 valence electrons. The van der Waals surface area contributed by atoms with Crippen molar-refractivity contribution < 1.29 is 9.18 Å². The van der Waals surface area contributed by atoms with Crippen molar-refractivity contribution >= 4 is 23.0 Å². The molecule has 0 radical (unpaired) electrons. The summed E-state index contributed by atoms with van der Waals surface area (Å²) in [6, 6.07) is 14.4. The van der Waals surface area contributed by atoms with Gasteiger partial charge < -0.3 is 4.57 Å². The van der Waals surface area contributed by atoms with Crippen molar-refractivity contribution in [3.05, 3.63) is 76.8 Å². The van der Waals surface area contributed by atoms with E-state index in [-0.39, 0.29) is 11.6 Å². The smallest absolute Gasteiger partial charge is 0.180 e. The van der Waals surface area contributed by atoms with Gasteiger partial charge in [0.15, 0.2) is 5.78 Å². The number of hydrogen-bond acceptors (Lipinski definition) is 1. The van der Waals surface area contributed by atoms with E-state index < -0.39 is 0 Å². The van der Waals surface area contributed by atoms with Crippen LogP contribution < -0.4 is 0 Å². The fraction of sp³-hybridized carbons (Fsp3) is 0.269. The molecule has 31 heavy (non-hydrogen) atoms. The van der Waals surface area contributed by atoms with Crippen LogP contribution in [0.25, 0.3) is 28.0 Å². The van der Waals surface area contributed by atoms with Crippen LogP contribution in [0.4, 0.5) is 4.39 Å². The molecule has 3 heterocycles. The minimum Gasteiger partial charge on any atom is -0.325 e. The lowest BCUT2D eigenvalue weighted by molar-refractivity contribution is 0.0977. The first kappa shape index (κ1) is 20.1. The summed E-state index contributed by atoms with van der Waals surface area (Å²) in [7, 11) is 0. The Labute approximate surface area is 186 Å². The number of nitrogens with zero attached hydrogens (tertiary/aromatic N) is 2. The van der Waals surface area contributed by atoms with Crippen molar-refractivity contribution in [2.45, 2.75) is 45.6 Å². The van der Waals surface area contributed by atoms with Crippen molar-refractivity contribution in [1.29, 1.82) is 0 Å². The lowest BCUT2D eigenvalue weighted by atomic mass is 9.96. The number of carbonyl (C=O) groups excluding carboxylic acids is 1. The molecule has 0 unspecified atom stereocenters. The zero-order valence-corrected chi connectivity index (χ0v) is 18.3. The predicted molar refractivity (Wildman–Crippen MR) is 123 cm³/mol. The lowest BCUT2D eigenvalue weighted by Gasteiger charge is -2.09. The lowest BCUT2D eigenvalue weighted by Crippen LogP contribution is -2.04. The number of aromatic nitrogens is 2. The van der Waals surface area contributed by atoms with E-state index in [9.17, 15) is 9.18 Å². The molecule has 0 N–H and O–H groups in total. The average molecular weight is 435 g/mol. The van der Waals surface area contributed by atoms with Crippen LogP contribution in [0, 0.1) is 5.82 Å². The summed E-state index contributed by atoms with van der Waals surface area (Å²) in [6.45, 7) is 2.92. The molecule has 0 bridgehead atoms. The molecule has 1 aliphatic rings. The maximum Gasteiger partial charge on any atom is 0.180 e. The van der Waals surface area contributed by atoms with Crippen molar-refractivity contribution in [3.63, 3.8) is 0 Å². The van der Waals surface area contributed by atoms with E-state index >= 15 is 0 Å². The monoisotopic (exact) mass is 434 g/mol. The van der Waals surface area contributed by atoms with E-state index in [4.69, 9.17) is 11.6 Å². The summed E-state index contributed by atoms with van der Waals surface area (Å²) in [4.78, 5) is 13.3. The Kier molecular flexibility index (Phi) is 5.19. The molecule has 3 nitrogen and oxygen atoms in total. The molecular weight excluding hydrogens is 411 g/mol. The number of Topliss-reactive ketones (excluding diaryl/α,β-unsaturated/α-hetero) is 1. The molecule has 5 heteroatoms. The van der Waals surface area contributed by atoms with Gasteiger partial charge >= 0.3 is 0 Å². The number of carbonyl (C=O) groups is 1. The van der Waals surface area contributed by atoms with E-state index in [1.165, 1.54) is 17.7 Å². The third-order valence-corrected chi connectivity index (χ3v) is 6.40. The molecule has 0 fully saturated rings. The van der Waals surface area contributed by atoms with Crippen LogP contribution in [0.5, 0.6) is 0 Å². The Morgan fingerprint density at radius 1 is 1.03 bits per heavy atom. The second kappa shape index (κ2) is 8.01. The number of hydrogen-bond donors (Lipinski definition) is 0. The van der Waals surface area contributed by atoms with Gasteiger partial charge in [0.2, 0.25) is 0 Å². The SMILES string of the molecule is CCCC(=O)c1c(-c2ccc(F)cc2)c2c3n(c(-c4ccc(Cl)cc4)cn13)CCCC2. The van der Waals surface area contributed by atoms with Gasteiger partial charge in [0.05, 0.1) is 11.4 Å². The van der Waals surface area contributed by atoms with E-state index in [1.54, 1.807) is 12.1 Å². The fourth-order valence-corrected chi connectivity index (χ4v) is 4.91. The van der Waals surface area contributed by atoms with Crippen molar-refractivity contribution in [1.82, 2.24) is 8.97 Å². The predicted octanol–water partition coefficient (Wildman–Crippen LogP) is 7.19. The second-order valence-corrected chi connectivity index (χ2v) is 8.64. The van der Waals surface area contributed by atoms with Gasteiger partial charge in [-0.2, -0.15) is 0 Å². The van der Waals surface area contributed by atoms with Gasteiger partial charge in [0.25, 0.3) is 0 Å².